The van der Waals surface area contributed by atoms with E-state index >= 15 is 0 Å². The highest BCUT2D eigenvalue weighted by atomic mass is 16.5. The Labute approximate surface area is 197 Å². The standard InChI is InChI=1S/C27H27N5O2/c1-2-7-26-25(6-1)32(10-11-33-26)16-18-14-29-27(34-18)21-12-17(13-24-22(21)15-30-31-24)19-4-3-5-23-20(19)8-9-28-23/h3-5,8-9,12-15,25-26,28H,1-2,6-7,10-11,16H2,(H,30,31). The van der Waals surface area contributed by atoms with Gasteiger partial charge in [0, 0.05) is 40.6 Å². The van der Waals surface area contributed by atoms with E-state index in [9.17, 15) is 0 Å². The summed E-state index contributed by atoms with van der Waals surface area (Å²) in [7, 11) is 0. The average Bonchev–Trinajstić information content (AvgIpc) is 3.64. The smallest absolute Gasteiger partial charge is 0.227 e. The van der Waals surface area contributed by atoms with Crippen LogP contribution in [0.4, 0.5) is 0 Å². The van der Waals surface area contributed by atoms with Crippen molar-refractivity contribution in [3.8, 4) is 22.6 Å². The molecule has 3 aromatic heterocycles. The summed E-state index contributed by atoms with van der Waals surface area (Å²) in [6.45, 7) is 2.51. The third-order valence-electron chi connectivity index (χ3n) is 7.45. The summed E-state index contributed by atoms with van der Waals surface area (Å²) in [6, 6.07) is 13.2. The van der Waals surface area contributed by atoms with Gasteiger partial charge in [0.25, 0.3) is 0 Å². The largest absolute Gasteiger partial charge is 0.440 e. The molecular weight excluding hydrogens is 426 g/mol. The van der Waals surface area contributed by atoms with Crippen molar-refractivity contribution in [2.75, 3.05) is 13.2 Å². The number of rotatable bonds is 4. The van der Waals surface area contributed by atoms with E-state index in [1.54, 1.807) is 0 Å². The number of nitrogens with zero attached hydrogens (tertiary/aromatic N) is 3. The molecule has 2 aliphatic rings. The van der Waals surface area contributed by atoms with Crippen molar-refractivity contribution in [2.24, 2.45) is 0 Å². The first-order valence-corrected chi connectivity index (χ1v) is 12.2. The lowest BCUT2D eigenvalue weighted by atomic mass is 9.90. The summed E-state index contributed by atoms with van der Waals surface area (Å²) in [4.78, 5) is 10.5. The van der Waals surface area contributed by atoms with Crippen LogP contribution in [0.25, 0.3) is 44.4 Å². The molecule has 7 nitrogen and oxygen atoms in total. The normalized spacial score (nSPS) is 21.3. The first kappa shape index (κ1) is 20.0. The molecule has 5 aromatic rings. The minimum absolute atomic E-state index is 0.364. The third-order valence-corrected chi connectivity index (χ3v) is 7.45. The van der Waals surface area contributed by atoms with E-state index in [2.05, 4.69) is 56.5 Å². The molecule has 172 valence electrons. The van der Waals surface area contributed by atoms with Crippen LogP contribution in [0.15, 0.2) is 59.4 Å². The topological polar surface area (TPSA) is 83.0 Å². The summed E-state index contributed by atoms with van der Waals surface area (Å²) >= 11 is 0. The predicted octanol–water partition coefficient (Wildman–Crippen LogP) is 5.51. The fraction of sp³-hybridized carbons (Fsp3) is 0.333. The first-order chi connectivity index (χ1) is 16.8. The number of nitrogens with one attached hydrogen (secondary N) is 2. The summed E-state index contributed by atoms with van der Waals surface area (Å²) in [5.74, 6) is 1.54. The van der Waals surface area contributed by atoms with E-state index in [1.165, 1.54) is 36.6 Å². The van der Waals surface area contributed by atoms with E-state index in [4.69, 9.17) is 14.1 Å². The van der Waals surface area contributed by atoms with Gasteiger partial charge in [-0.1, -0.05) is 25.0 Å². The van der Waals surface area contributed by atoms with Crippen molar-refractivity contribution in [3.05, 3.63) is 60.7 Å². The minimum atomic E-state index is 0.364. The Morgan fingerprint density at radius 1 is 1.00 bits per heavy atom. The number of ether oxygens (including phenoxy) is 1. The molecule has 1 saturated carbocycles. The van der Waals surface area contributed by atoms with Gasteiger partial charge in [-0.25, -0.2) is 4.98 Å². The second kappa shape index (κ2) is 8.11. The molecule has 2 N–H and O–H groups in total. The number of benzene rings is 2. The van der Waals surface area contributed by atoms with Crippen molar-refractivity contribution in [3.63, 3.8) is 0 Å². The van der Waals surface area contributed by atoms with E-state index < -0.39 is 0 Å². The second-order valence-electron chi connectivity index (χ2n) is 9.46. The SMILES string of the molecule is c1cc(-c2cc(-c3ncc(CN4CCOC5CCCCC54)o3)c3cn[nH]c3c2)c2cc[nH]c2c1. The summed E-state index contributed by atoms with van der Waals surface area (Å²) < 4.78 is 12.4. The molecule has 0 bridgehead atoms. The summed E-state index contributed by atoms with van der Waals surface area (Å²) in [5.41, 5.74) is 5.32. The van der Waals surface area contributed by atoms with E-state index in [0.29, 0.717) is 18.0 Å². The molecule has 2 atom stereocenters. The molecule has 7 heteroatoms. The van der Waals surface area contributed by atoms with Gasteiger partial charge in [-0.15, -0.1) is 0 Å². The highest BCUT2D eigenvalue weighted by Gasteiger charge is 2.34. The first-order valence-electron chi connectivity index (χ1n) is 12.2. The van der Waals surface area contributed by atoms with Gasteiger partial charge in [-0.2, -0.15) is 5.10 Å². The van der Waals surface area contributed by atoms with Crippen LogP contribution in [0.5, 0.6) is 0 Å². The number of oxazole rings is 1. The lowest BCUT2D eigenvalue weighted by Gasteiger charge is -2.43. The zero-order valence-corrected chi connectivity index (χ0v) is 19.0. The van der Waals surface area contributed by atoms with Gasteiger partial charge in [0.05, 0.1) is 37.2 Å². The van der Waals surface area contributed by atoms with Crippen molar-refractivity contribution >= 4 is 21.8 Å². The average molecular weight is 454 g/mol. The number of morpholine rings is 1. The van der Waals surface area contributed by atoms with Crippen LogP contribution in [-0.2, 0) is 11.3 Å². The highest BCUT2D eigenvalue weighted by molar-refractivity contribution is 6.01. The lowest BCUT2D eigenvalue weighted by molar-refractivity contribution is -0.0926. The molecule has 0 amide bonds. The van der Waals surface area contributed by atoms with Crippen LogP contribution in [-0.4, -0.2) is 50.4 Å². The van der Waals surface area contributed by atoms with Gasteiger partial charge in [0.1, 0.15) is 5.76 Å². The molecule has 0 spiro atoms. The predicted molar refractivity (Wildman–Crippen MR) is 131 cm³/mol. The van der Waals surface area contributed by atoms with Crippen LogP contribution in [0.1, 0.15) is 31.4 Å². The summed E-state index contributed by atoms with van der Waals surface area (Å²) in [6.07, 6.45) is 11.0. The Kier molecular flexibility index (Phi) is 4.77. The minimum Gasteiger partial charge on any atom is -0.440 e. The van der Waals surface area contributed by atoms with Crippen molar-refractivity contribution in [1.29, 1.82) is 0 Å². The zero-order valence-electron chi connectivity index (χ0n) is 19.0. The van der Waals surface area contributed by atoms with Gasteiger partial charge >= 0.3 is 0 Å². The van der Waals surface area contributed by atoms with E-state index in [-0.39, 0.29) is 0 Å². The van der Waals surface area contributed by atoms with E-state index in [1.807, 2.05) is 18.6 Å². The lowest BCUT2D eigenvalue weighted by Crippen LogP contribution is -2.52. The quantitative estimate of drug-likeness (QED) is 0.375. The monoisotopic (exact) mass is 453 g/mol. The Morgan fingerprint density at radius 2 is 1.97 bits per heavy atom. The van der Waals surface area contributed by atoms with Crippen molar-refractivity contribution < 1.29 is 9.15 Å². The molecule has 4 heterocycles. The Balaban J connectivity index is 1.25. The molecular formula is C27H27N5O2. The Bertz CT molecular complexity index is 1460. The summed E-state index contributed by atoms with van der Waals surface area (Å²) in [5, 5.41) is 9.63. The molecule has 2 unspecified atom stereocenters. The molecule has 0 radical (unpaired) electrons. The maximum absolute atomic E-state index is 6.35. The molecule has 2 fully saturated rings. The molecule has 7 rings (SSSR count). The van der Waals surface area contributed by atoms with Crippen LogP contribution in [0, 0.1) is 0 Å². The number of H-pyrrole nitrogens is 2. The number of fused-ring (bicyclic) bond motifs is 3. The van der Waals surface area contributed by atoms with Crippen LogP contribution < -0.4 is 0 Å². The van der Waals surface area contributed by atoms with Crippen LogP contribution in [0.3, 0.4) is 0 Å². The van der Waals surface area contributed by atoms with Crippen molar-refractivity contribution in [2.45, 2.75) is 44.4 Å². The molecule has 2 aromatic carbocycles. The number of hydrogen-bond acceptors (Lipinski definition) is 5. The molecule has 1 aliphatic carbocycles. The number of aromatic amines is 2. The Hall–Kier alpha value is -3.42. The molecule has 1 saturated heterocycles. The third kappa shape index (κ3) is 3.35. The maximum Gasteiger partial charge on any atom is 0.227 e. The van der Waals surface area contributed by atoms with E-state index in [0.717, 1.165) is 53.0 Å². The number of hydrogen-bond donors (Lipinski definition) is 2. The van der Waals surface area contributed by atoms with Gasteiger partial charge < -0.3 is 14.1 Å². The Morgan fingerprint density at radius 3 is 2.97 bits per heavy atom. The van der Waals surface area contributed by atoms with Gasteiger partial charge in [-0.3, -0.25) is 10.00 Å². The molecule has 34 heavy (non-hydrogen) atoms. The van der Waals surface area contributed by atoms with Crippen LogP contribution in [0.2, 0.25) is 0 Å². The maximum atomic E-state index is 6.35. The second-order valence-corrected chi connectivity index (χ2v) is 9.46. The zero-order chi connectivity index (χ0) is 22.5. The number of aromatic nitrogens is 4. The fourth-order valence-corrected chi connectivity index (χ4v) is 5.80. The van der Waals surface area contributed by atoms with Crippen molar-refractivity contribution in [1.82, 2.24) is 25.1 Å². The van der Waals surface area contributed by atoms with Gasteiger partial charge in [0.15, 0.2) is 0 Å². The van der Waals surface area contributed by atoms with Crippen LogP contribution >= 0.6 is 0 Å². The fourth-order valence-electron chi connectivity index (χ4n) is 5.80. The van der Waals surface area contributed by atoms with Gasteiger partial charge in [-0.05, 0) is 48.2 Å². The highest BCUT2D eigenvalue weighted by Crippen LogP contribution is 2.36. The van der Waals surface area contributed by atoms with Gasteiger partial charge in [0.2, 0.25) is 5.89 Å². The molecule has 1 aliphatic heterocycles.